The first-order chi connectivity index (χ1) is 29.7. The Balaban J connectivity index is 0.928. The van der Waals surface area contributed by atoms with Gasteiger partial charge in [0.1, 0.15) is 11.2 Å². The molecule has 0 unspecified atom stereocenters. The molecule has 2 aromatic heterocycles. The summed E-state index contributed by atoms with van der Waals surface area (Å²) in [4.78, 5) is 15.0. The molecule has 0 bridgehead atoms. The minimum Gasteiger partial charge on any atom is -0.456 e. The number of hydrogen-bond donors (Lipinski definition) is 0. The molecule has 0 fully saturated rings. The lowest BCUT2D eigenvalue weighted by atomic mass is 9.67. The Bertz CT molecular complexity index is 3380. The second kappa shape index (κ2) is 13.6. The van der Waals surface area contributed by atoms with Crippen LogP contribution in [-0.4, -0.2) is 15.0 Å². The van der Waals surface area contributed by atoms with Crippen LogP contribution < -0.4 is 0 Å². The van der Waals surface area contributed by atoms with Crippen LogP contribution >= 0.6 is 0 Å². The highest BCUT2D eigenvalue weighted by Gasteiger charge is 2.46. The molecule has 0 saturated carbocycles. The van der Waals surface area contributed by atoms with E-state index in [1.165, 1.54) is 38.8 Å². The predicted molar refractivity (Wildman–Crippen MR) is 244 cm³/mol. The third-order valence-electron chi connectivity index (χ3n) is 12.2. The third kappa shape index (κ3) is 5.35. The largest absolute Gasteiger partial charge is 0.456 e. The fourth-order valence-corrected chi connectivity index (χ4v) is 9.39. The van der Waals surface area contributed by atoms with Gasteiger partial charge in [0.15, 0.2) is 17.5 Å². The van der Waals surface area contributed by atoms with Crippen molar-refractivity contribution < 1.29 is 4.42 Å². The Labute approximate surface area is 347 Å². The van der Waals surface area contributed by atoms with Gasteiger partial charge in [0.25, 0.3) is 0 Å². The topological polar surface area (TPSA) is 51.8 Å². The lowest BCUT2D eigenvalue weighted by molar-refractivity contribution is 0.666. The number of hydrogen-bond acceptors (Lipinski definition) is 4. The first-order valence-electron chi connectivity index (χ1n) is 20.3. The van der Waals surface area contributed by atoms with Crippen LogP contribution in [0.15, 0.2) is 217 Å². The van der Waals surface area contributed by atoms with Crippen molar-refractivity contribution in [1.29, 1.82) is 0 Å². The highest BCUT2D eigenvalue weighted by Crippen LogP contribution is 2.56. The molecule has 2 heterocycles. The SMILES string of the molecule is c1ccc(-c2nc(-c3ccc(-c4ccc5c(c4)oc4cc(C6(c7ccccc7)c7ccccc7-c7ccccc76)ccc45)cc3)nc(-c3ccc4ccccc4c3)n2)cc1. The van der Waals surface area contributed by atoms with E-state index in [4.69, 9.17) is 19.4 Å². The van der Waals surface area contributed by atoms with Crippen molar-refractivity contribution in [2.24, 2.45) is 0 Å². The first kappa shape index (κ1) is 34.1. The van der Waals surface area contributed by atoms with Gasteiger partial charge in [0.05, 0.1) is 5.41 Å². The molecule has 0 aliphatic heterocycles. The average Bonchev–Trinajstić information content (AvgIpc) is 3.85. The van der Waals surface area contributed by atoms with E-state index in [1.54, 1.807) is 0 Å². The number of fused-ring (bicyclic) bond motifs is 7. The molecule has 0 N–H and O–H groups in total. The maximum atomic E-state index is 6.77. The van der Waals surface area contributed by atoms with E-state index in [-0.39, 0.29) is 0 Å². The molecule has 0 radical (unpaired) electrons. The van der Waals surface area contributed by atoms with Crippen LogP contribution in [-0.2, 0) is 5.41 Å². The van der Waals surface area contributed by atoms with E-state index in [2.05, 4.69) is 182 Å². The number of aromatic nitrogens is 3. The molecule has 0 saturated heterocycles. The van der Waals surface area contributed by atoms with Gasteiger partial charge in [-0.1, -0.05) is 188 Å². The monoisotopic (exact) mass is 765 g/mol. The quantitative estimate of drug-likeness (QED) is 0.169. The molecule has 1 aliphatic rings. The van der Waals surface area contributed by atoms with Gasteiger partial charge < -0.3 is 4.42 Å². The molecular formula is C56H35N3O. The highest BCUT2D eigenvalue weighted by molar-refractivity contribution is 6.06. The summed E-state index contributed by atoms with van der Waals surface area (Å²) in [6.07, 6.45) is 0. The van der Waals surface area contributed by atoms with Crippen molar-refractivity contribution in [3.05, 3.63) is 235 Å². The van der Waals surface area contributed by atoms with Gasteiger partial charge in [-0.3, -0.25) is 0 Å². The van der Waals surface area contributed by atoms with E-state index in [9.17, 15) is 0 Å². The van der Waals surface area contributed by atoms with Crippen LogP contribution in [0.5, 0.6) is 0 Å². The number of nitrogens with zero attached hydrogens (tertiary/aromatic N) is 3. The molecule has 4 nitrogen and oxygen atoms in total. The molecule has 280 valence electrons. The molecule has 60 heavy (non-hydrogen) atoms. The van der Waals surface area contributed by atoms with Crippen LogP contribution in [0.3, 0.4) is 0 Å². The van der Waals surface area contributed by atoms with Gasteiger partial charge in [-0.25, -0.2) is 15.0 Å². The van der Waals surface area contributed by atoms with Crippen molar-refractivity contribution in [3.63, 3.8) is 0 Å². The number of benzene rings is 9. The summed E-state index contributed by atoms with van der Waals surface area (Å²) in [5, 5.41) is 4.52. The minimum atomic E-state index is -0.481. The van der Waals surface area contributed by atoms with Gasteiger partial charge in [0, 0.05) is 27.5 Å². The van der Waals surface area contributed by atoms with Crippen LogP contribution in [0, 0.1) is 0 Å². The smallest absolute Gasteiger partial charge is 0.164 e. The molecule has 11 aromatic rings. The Morgan fingerprint density at radius 1 is 0.317 bits per heavy atom. The standard InChI is InChI=1S/C56H35N3O/c1-3-14-38(15-4-1)53-57-54(59-55(58-53)42-28-25-36-13-7-8-16-40(36)33-42)39-26-23-37(24-27-39)41-29-31-47-48-32-30-44(35-52(48)60-51(47)34-41)56(43-17-5-2-6-18-43)49-21-11-9-19-45(49)46-20-10-12-22-50(46)56/h1-35H. The fourth-order valence-electron chi connectivity index (χ4n) is 9.39. The van der Waals surface area contributed by atoms with Gasteiger partial charge in [0.2, 0.25) is 0 Å². The lowest BCUT2D eigenvalue weighted by Crippen LogP contribution is -2.28. The molecular weight excluding hydrogens is 731 g/mol. The molecule has 0 spiro atoms. The van der Waals surface area contributed by atoms with E-state index in [0.717, 1.165) is 55.1 Å². The summed E-state index contributed by atoms with van der Waals surface area (Å²) < 4.78 is 6.77. The molecule has 9 aromatic carbocycles. The van der Waals surface area contributed by atoms with E-state index in [0.29, 0.717) is 17.5 Å². The second-order valence-corrected chi connectivity index (χ2v) is 15.5. The Kier molecular flexibility index (Phi) is 7.72. The minimum absolute atomic E-state index is 0.481. The summed E-state index contributed by atoms with van der Waals surface area (Å²) in [6.45, 7) is 0. The maximum absolute atomic E-state index is 6.77. The van der Waals surface area contributed by atoms with Crippen molar-refractivity contribution in [2.75, 3.05) is 0 Å². The van der Waals surface area contributed by atoms with Gasteiger partial charge >= 0.3 is 0 Å². The van der Waals surface area contributed by atoms with E-state index < -0.39 is 5.41 Å². The van der Waals surface area contributed by atoms with E-state index in [1.807, 2.05) is 30.3 Å². The normalized spacial score (nSPS) is 12.8. The summed E-state index contributed by atoms with van der Waals surface area (Å²) in [6, 6.07) is 75.2. The lowest BCUT2D eigenvalue weighted by Gasteiger charge is -2.33. The second-order valence-electron chi connectivity index (χ2n) is 15.5. The molecule has 1 aliphatic carbocycles. The van der Waals surface area contributed by atoms with Gasteiger partial charge in [-0.05, 0) is 79.5 Å². The summed E-state index contributed by atoms with van der Waals surface area (Å²) in [5.41, 5.74) is 13.8. The zero-order chi connectivity index (χ0) is 39.6. The predicted octanol–water partition coefficient (Wildman–Crippen LogP) is 14.0. The van der Waals surface area contributed by atoms with Gasteiger partial charge in [-0.15, -0.1) is 0 Å². The van der Waals surface area contributed by atoms with Crippen LogP contribution in [0.4, 0.5) is 0 Å². The Morgan fingerprint density at radius 3 is 1.52 bits per heavy atom. The fraction of sp³-hybridized carbons (Fsp3) is 0.0179. The van der Waals surface area contributed by atoms with Gasteiger partial charge in [-0.2, -0.15) is 0 Å². The van der Waals surface area contributed by atoms with Crippen molar-refractivity contribution in [1.82, 2.24) is 15.0 Å². The van der Waals surface area contributed by atoms with Crippen molar-refractivity contribution in [3.8, 4) is 56.4 Å². The highest BCUT2D eigenvalue weighted by atomic mass is 16.3. The van der Waals surface area contributed by atoms with E-state index >= 15 is 0 Å². The van der Waals surface area contributed by atoms with Crippen LogP contribution in [0.2, 0.25) is 0 Å². The number of furan rings is 1. The molecule has 12 rings (SSSR count). The van der Waals surface area contributed by atoms with Crippen LogP contribution in [0.25, 0.3) is 89.1 Å². The summed E-state index contributed by atoms with van der Waals surface area (Å²) in [7, 11) is 0. The number of rotatable bonds is 6. The summed E-state index contributed by atoms with van der Waals surface area (Å²) >= 11 is 0. The average molecular weight is 766 g/mol. The zero-order valence-electron chi connectivity index (χ0n) is 32.5. The Hall–Kier alpha value is -7.95. The van der Waals surface area contributed by atoms with Crippen molar-refractivity contribution in [2.45, 2.75) is 5.41 Å². The van der Waals surface area contributed by atoms with Crippen molar-refractivity contribution >= 4 is 32.7 Å². The molecule has 4 heteroatoms. The molecule has 0 atom stereocenters. The van der Waals surface area contributed by atoms with Crippen LogP contribution in [0.1, 0.15) is 22.3 Å². The molecule has 0 amide bonds. The first-order valence-corrected chi connectivity index (χ1v) is 20.3. The maximum Gasteiger partial charge on any atom is 0.164 e. The summed E-state index contributed by atoms with van der Waals surface area (Å²) in [5.74, 6) is 1.91. The third-order valence-corrected chi connectivity index (χ3v) is 12.2. The Morgan fingerprint density at radius 2 is 0.817 bits per heavy atom. The zero-order valence-corrected chi connectivity index (χ0v) is 32.5.